The Bertz CT molecular complexity index is 3300. The van der Waals surface area contributed by atoms with Gasteiger partial charge >= 0.3 is 0 Å². The number of aliphatic hydroxyl groups excluding tert-OH is 3. The van der Waals surface area contributed by atoms with Gasteiger partial charge < -0.3 is 60.8 Å². The summed E-state index contributed by atoms with van der Waals surface area (Å²) in [5.41, 5.74) is 14.4. The molecule has 6 aliphatic rings. The van der Waals surface area contributed by atoms with Crippen LogP contribution in [0.25, 0.3) is 16.8 Å². The van der Waals surface area contributed by atoms with Gasteiger partial charge in [0.25, 0.3) is 0 Å². The molecule has 5 aromatic carbocycles. The van der Waals surface area contributed by atoms with E-state index in [4.69, 9.17) is 24.7 Å². The molecule has 0 fully saturated rings. The van der Waals surface area contributed by atoms with E-state index in [1.807, 2.05) is 74.7 Å². The van der Waals surface area contributed by atoms with Gasteiger partial charge in [0.2, 0.25) is 0 Å². The molecule has 10 N–H and O–H groups in total. The minimum atomic E-state index is -1.94. The van der Waals surface area contributed by atoms with Crippen LogP contribution in [0, 0.1) is 29.8 Å². The molecule has 0 unspecified atom stereocenters. The van der Waals surface area contributed by atoms with Crippen LogP contribution in [0.5, 0.6) is 17.2 Å². The zero-order valence-electron chi connectivity index (χ0n) is 49.3. The Morgan fingerprint density at radius 1 is 0.940 bits per heavy atom. The van der Waals surface area contributed by atoms with Crippen LogP contribution in [0.3, 0.4) is 0 Å². The third-order valence-corrected chi connectivity index (χ3v) is 17.3. The van der Waals surface area contributed by atoms with Crippen LogP contribution in [0.1, 0.15) is 146 Å². The van der Waals surface area contributed by atoms with Gasteiger partial charge in [-0.25, -0.2) is 0 Å². The van der Waals surface area contributed by atoms with Crippen molar-refractivity contribution in [3.05, 3.63) is 158 Å². The lowest BCUT2D eigenvalue weighted by molar-refractivity contribution is -0.121. The number of anilines is 1. The van der Waals surface area contributed by atoms with E-state index in [2.05, 4.69) is 76.3 Å². The maximum absolute atomic E-state index is 14.4. The van der Waals surface area contributed by atoms with Gasteiger partial charge in [0.1, 0.15) is 42.3 Å². The highest BCUT2D eigenvalue weighted by molar-refractivity contribution is 6.01. The van der Waals surface area contributed by atoms with Crippen LogP contribution in [0.15, 0.2) is 113 Å². The van der Waals surface area contributed by atoms with Crippen LogP contribution in [0.4, 0.5) is 5.69 Å². The van der Waals surface area contributed by atoms with Gasteiger partial charge in [-0.05, 0) is 175 Å². The number of hydrogen-bond donors (Lipinski definition) is 9. The van der Waals surface area contributed by atoms with E-state index >= 15 is 0 Å². The number of aliphatic imine (C=N–C) groups is 1. The predicted molar refractivity (Wildman–Crippen MR) is 331 cm³/mol. The Hall–Kier alpha value is -7.16. The Kier molecular flexibility index (Phi) is 21.3. The SMILES string of the molecule is CC[C@@H](O)NC[C@@H]1C[C@H](c2cccc(CCOCCCNC)c2)[C@H]2C#CO[C@H](CC(=O)CCc3ccc(OC)c(c3)OCc3c(C(O)O)cc4c2c(O)cc2c4c3C=C[C@@H]2C)C[C@H]2C=C(O)C1=C[C@H]2CCCCc1cccc(NC(N)=NC)c1. The molecule has 4 heterocycles. The number of nitrogens with zero attached hydrogens (tertiary/aromatic N) is 1. The second kappa shape index (κ2) is 29.1. The molecule has 0 saturated heterocycles. The number of fused-ring (bicyclic) bond motifs is 8. The Balaban J connectivity index is 1.23. The number of Topliss-reactive ketones (excluding diaryl/α,β-unsaturated/α-hetero) is 1. The second-order valence-electron chi connectivity index (χ2n) is 23.0. The fraction of sp³-hybridized carbons (Fsp3) is 0.449. The zero-order valence-corrected chi connectivity index (χ0v) is 49.3. The number of methoxy groups -OCH3 is 1. The molecule has 0 aromatic heterocycles. The molecule has 4 aliphatic heterocycles. The molecule has 15 heteroatoms. The lowest BCUT2D eigenvalue weighted by Crippen LogP contribution is -2.35. The number of phenolic OH excluding ortho intramolecular Hbond substituents is 1. The summed E-state index contributed by atoms with van der Waals surface area (Å²) in [6.45, 7) is 6.21. The van der Waals surface area contributed by atoms with Crippen molar-refractivity contribution >= 4 is 34.3 Å². The number of rotatable bonds is 20. The average molecular weight is 1140 g/mol. The summed E-state index contributed by atoms with van der Waals surface area (Å²) in [6.07, 6.45) is 14.8. The van der Waals surface area contributed by atoms with E-state index < -0.39 is 36.4 Å². The summed E-state index contributed by atoms with van der Waals surface area (Å²) in [5.74, 6) is 2.77. The quantitative estimate of drug-likeness (QED) is 0.0116. The van der Waals surface area contributed by atoms with Crippen LogP contribution < -0.4 is 31.2 Å². The van der Waals surface area contributed by atoms with E-state index in [-0.39, 0.29) is 60.1 Å². The van der Waals surface area contributed by atoms with Crippen molar-refractivity contribution in [1.82, 2.24) is 10.6 Å². The van der Waals surface area contributed by atoms with Gasteiger partial charge in [0.15, 0.2) is 23.7 Å². The van der Waals surface area contributed by atoms with Crippen molar-refractivity contribution in [3.63, 3.8) is 0 Å². The normalized spacial score (nSPS) is 21.9. The van der Waals surface area contributed by atoms with Gasteiger partial charge in [0, 0.05) is 73.2 Å². The number of hydrogen-bond acceptors (Lipinski definition) is 13. The first kappa shape index (κ1) is 61.4. The largest absolute Gasteiger partial charge is 0.508 e. The number of carbonyl (C=O) groups excluding carboxylic acids is 1. The number of phenols is 1. The smallest absolute Gasteiger partial charge is 0.192 e. The van der Waals surface area contributed by atoms with Gasteiger partial charge in [-0.1, -0.05) is 86.9 Å². The molecule has 0 radical (unpaired) electrons. The van der Waals surface area contributed by atoms with Crippen molar-refractivity contribution in [2.75, 3.05) is 52.8 Å². The molecule has 0 amide bonds. The number of aromatic hydroxyl groups is 1. The molecule has 2 aliphatic carbocycles. The number of unbranched alkanes of at least 4 members (excludes halogenated alkanes) is 1. The molecule has 10 bridgehead atoms. The van der Waals surface area contributed by atoms with E-state index in [1.54, 1.807) is 20.2 Å². The number of nitrogens with two attached hydrogens (primary N) is 1. The number of nitrogens with one attached hydrogen (secondary N) is 3. The molecular weight excluding hydrogens is 1060 g/mol. The highest BCUT2D eigenvalue weighted by Gasteiger charge is 2.38. The molecule has 0 saturated carbocycles. The highest BCUT2D eigenvalue weighted by Crippen LogP contribution is 2.51. The maximum atomic E-state index is 14.4. The number of carbonyl (C=O) groups is 1. The third kappa shape index (κ3) is 15.0. The van der Waals surface area contributed by atoms with E-state index in [0.717, 1.165) is 88.7 Å². The van der Waals surface area contributed by atoms with Gasteiger partial charge in [0.05, 0.1) is 19.6 Å². The molecule has 0 spiro atoms. The summed E-state index contributed by atoms with van der Waals surface area (Å²) in [6, 6.07) is 25.8. The van der Waals surface area contributed by atoms with Crippen molar-refractivity contribution < 1.29 is 49.3 Å². The van der Waals surface area contributed by atoms with Crippen molar-refractivity contribution in [1.29, 1.82) is 0 Å². The number of guanidine groups is 1. The Morgan fingerprint density at radius 3 is 2.55 bits per heavy atom. The molecule has 8 atom stereocenters. The van der Waals surface area contributed by atoms with Crippen molar-refractivity contribution in [2.45, 2.75) is 134 Å². The minimum Gasteiger partial charge on any atom is -0.508 e. The predicted octanol–water partition coefficient (Wildman–Crippen LogP) is 10.6. The first-order valence-electron chi connectivity index (χ1n) is 30.1. The van der Waals surface area contributed by atoms with Gasteiger partial charge in [-0.15, -0.1) is 0 Å². The third-order valence-electron chi connectivity index (χ3n) is 17.3. The van der Waals surface area contributed by atoms with E-state index in [1.165, 1.54) is 0 Å². The van der Waals surface area contributed by atoms with Crippen molar-refractivity contribution in [3.8, 4) is 29.3 Å². The number of ether oxygens (including phenoxy) is 4. The molecule has 84 heavy (non-hydrogen) atoms. The first-order valence-corrected chi connectivity index (χ1v) is 30.1. The lowest BCUT2D eigenvalue weighted by atomic mass is 9.70. The number of aryl methyl sites for hydroxylation is 2. The Labute approximate surface area is 495 Å². The molecule has 11 rings (SSSR count). The highest BCUT2D eigenvalue weighted by atomic mass is 16.5. The minimum absolute atomic E-state index is 0.0151. The lowest BCUT2D eigenvalue weighted by Gasteiger charge is -2.35. The average Bonchev–Trinajstić information content (AvgIpc) is 0.981. The van der Waals surface area contributed by atoms with Crippen molar-refractivity contribution in [2.24, 2.45) is 28.5 Å². The number of benzene rings is 5. The van der Waals surface area contributed by atoms with Crippen LogP contribution in [-0.2, 0) is 40.1 Å². The summed E-state index contributed by atoms with van der Waals surface area (Å²) >= 11 is 0. The summed E-state index contributed by atoms with van der Waals surface area (Å²) < 4.78 is 25.3. The molecule has 5 aromatic rings. The molecule has 15 nitrogen and oxygen atoms in total. The fourth-order valence-electron chi connectivity index (χ4n) is 12.7. The first-order chi connectivity index (χ1) is 40.7. The van der Waals surface area contributed by atoms with E-state index in [0.29, 0.717) is 85.8 Å². The van der Waals surface area contributed by atoms with E-state index in [9.17, 15) is 30.3 Å². The molecule has 446 valence electrons. The fourth-order valence-corrected chi connectivity index (χ4v) is 12.7. The monoisotopic (exact) mass is 1140 g/mol. The zero-order chi connectivity index (χ0) is 59.3. The van der Waals surface area contributed by atoms with Gasteiger partial charge in [-0.3, -0.25) is 15.1 Å². The topological polar surface area (TPSA) is 230 Å². The van der Waals surface area contributed by atoms with Crippen LogP contribution >= 0.6 is 0 Å². The Morgan fingerprint density at radius 2 is 1.76 bits per heavy atom. The number of ketones is 1. The van der Waals surface area contributed by atoms with Crippen LogP contribution in [-0.4, -0.2) is 97.1 Å². The number of aliphatic hydroxyl groups is 4. The summed E-state index contributed by atoms with van der Waals surface area (Å²) in [4.78, 5) is 18.5. The molecular formula is C69H85N5O10. The van der Waals surface area contributed by atoms with Gasteiger partial charge in [-0.2, -0.15) is 0 Å². The summed E-state index contributed by atoms with van der Waals surface area (Å²) in [7, 11) is 5.14. The number of allylic oxidation sites excluding steroid dienone is 4. The standard InChI is InChI=1S/C69H85N5O10/c1-6-65(78)73-40-49-35-56(47-16-9-13-44(30-47)24-28-82-27-11-26-71-3)54-25-29-83-52(33-48-36-61(76)57(49)34-46(48)15-8-7-12-43-14-10-17-50(31-43)74-69(70)72-4)37-51(75)21-19-45-20-23-63(81-5)64(32-45)84-41-60-53-22-18-42(2)55-39-62(77)67(54)59(66(53)55)38-58(60)68(79)80/h9-10,13-14,16-18,20,22-23,30-32,34,36,38-39,42,46,48-49,52,54,56,65,68,71,73,76-80H,6-8,11-12,15,19,21,24,26-28,33,35,37,40-41H2,1-5H3,(H3,70,72,74)/t42-,46+,48-,49-,52-,54+,56+,65+/m0/s1. The van der Waals surface area contributed by atoms with Crippen LogP contribution in [0.2, 0.25) is 0 Å². The summed E-state index contributed by atoms with van der Waals surface area (Å²) in [5, 5.41) is 70.8. The maximum Gasteiger partial charge on any atom is 0.192 e. The second-order valence-corrected chi connectivity index (χ2v) is 23.0.